The van der Waals surface area contributed by atoms with Gasteiger partial charge in [0.25, 0.3) is 11.4 Å². The number of nitro benzene ring substituents is 1. The molecule has 0 spiro atoms. The number of para-hydroxylation sites is 1. The van der Waals surface area contributed by atoms with Crippen LogP contribution >= 0.6 is 0 Å². The lowest BCUT2D eigenvalue weighted by Gasteiger charge is -2.18. The van der Waals surface area contributed by atoms with E-state index in [0.29, 0.717) is 0 Å². The van der Waals surface area contributed by atoms with Crippen LogP contribution in [0.1, 0.15) is 19.4 Å². The van der Waals surface area contributed by atoms with E-state index in [1.54, 1.807) is 6.07 Å². The molecule has 0 atom stereocenters. The Labute approximate surface area is 108 Å². The van der Waals surface area contributed by atoms with Gasteiger partial charge in [0, 0.05) is 19.9 Å². The topological polar surface area (TPSA) is 98.9 Å². The number of nitrogens with zero attached hydrogens (tertiary/aromatic N) is 1. The second-order valence-electron chi connectivity index (χ2n) is 4.34. The third-order valence-corrected chi connectivity index (χ3v) is 2.44. The van der Waals surface area contributed by atoms with Crippen molar-refractivity contribution in [3.63, 3.8) is 0 Å². The summed E-state index contributed by atoms with van der Waals surface area (Å²) in [5, 5.41) is 20.0. The smallest absolute Gasteiger partial charge is 0.375 e. The Bertz CT molecular complexity index is 590. The van der Waals surface area contributed by atoms with E-state index < -0.39 is 22.4 Å². The maximum atomic E-state index is 11.1. The van der Waals surface area contributed by atoms with Crippen molar-refractivity contribution in [2.24, 2.45) is 0 Å². The van der Waals surface area contributed by atoms with Gasteiger partial charge < -0.3 is 14.6 Å². The molecule has 0 fully saturated rings. The molecule has 1 N–H and O–H groups in total. The summed E-state index contributed by atoms with van der Waals surface area (Å²) in [6.45, 7) is 3.05. The average molecular weight is 265 g/mol. The Kier molecular flexibility index (Phi) is 2.89. The number of carboxylic acids is 1. The molecule has 1 aliphatic heterocycles. The minimum Gasteiger partial charge on any atom is -0.475 e. The van der Waals surface area contributed by atoms with Gasteiger partial charge in [-0.2, -0.15) is 0 Å². The molecule has 7 heteroatoms. The van der Waals surface area contributed by atoms with E-state index in [9.17, 15) is 14.9 Å². The molecule has 0 saturated carbocycles. The van der Waals surface area contributed by atoms with Crippen molar-refractivity contribution in [3.8, 4) is 0 Å². The lowest BCUT2D eigenvalue weighted by molar-refractivity contribution is -0.385. The van der Waals surface area contributed by atoms with Crippen molar-refractivity contribution in [1.82, 2.24) is 0 Å². The number of hydrogen-bond acceptors (Lipinski definition) is 5. The third-order valence-electron chi connectivity index (χ3n) is 2.44. The van der Waals surface area contributed by atoms with Gasteiger partial charge >= 0.3 is 5.97 Å². The van der Waals surface area contributed by atoms with Crippen molar-refractivity contribution in [1.29, 1.82) is 0 Å². The number of rotatable bonds is 3. The van der Waals surface area contributed by atoms with Crippen molar-refractivity contribution < 1.29 is 24.3 Å². The summed E-state index contributed by atoms with van der Waals surface area (Å²) in [7, 11) is 0. The summed E-state index contributed by atoms with van der Waals surface area (Å²) in [6, 6.07) is 5.74. The Morgan fingerprint density at radius 1 is 1.32 bits per heavy atom. The van der Waals surface area contributed by atoms with Crippen LogP contribution in [0.2, 0.25) is 0 Å². The predicted octanol–water partition coefficient (Wildman–Crippen LogP) is 2.13. The zero-order valence-corrected chi connectivity index (χ0v) is 10.2. The van der Waals surface area contributed by atoms with Gasteiger partial charge in [-0.15, -0.1) is 0 Å². The first-order valence-corrected chi connectivity index (χ1v) is 5.41. The predicted molar refractivity (Wildman–Crippen MR) is 63.9 cm³/mol. The van der Waals surface area contributed by atoms with Crippen LogP contribution in [0.15, 0.2) is 30.0 Å². The van der Waals surface area contributed by atoms with E-state index in [2.05, 4.69) is 0 Å². The van der Waals surface area contributed by atoms with E-state index in [1.807, 2.05) is 0 Å². The fraction of sp³-hybridized carbons (Fsp3) is 0.250. The SMILES string of the molecule is CC1(C)OC(C(=O)O)=C(c2ccccc2[N+](=O)[O-])O1. The first-order chi connectivity index (χ1) is 8.82. The standard InChI is InChI=1S/C12H11NO6/c1-12(2)18-9(10(19-12)11(14)15)7-5-3-4-6-8(7)13(16)17/h3-6H,1-2H3,(H,14,15). The Morgan fingerprint density at radius 3 is 2.53 bits per heavy atom. The van der Waals surface area contributed by atoms with E-state index >= 15 is 0 Å². The Hall–Kier alpha value is -2.57. The summed E-state index contributed by atoms with van der Waals surface area (Å²) < 4.78 is 10.5. The molecule has 0 aliphatic carbocycles. The summed E-state index contributed by atoms with van der Waals surface area (Å²) >= 11 is 0. The lowest BCUT2D eigenvalue weighted by atomic mass is 10.1. The molecule has 0 saturated heterocycles. The maximum Gasteiger partial charge on any atom is 0.375 e. The van der Waals surface area contributed by atoms with E-state index in [-0.39, 0.29) is 17.0 Å². The molecule has 1 aliphatic rings. The van der Waals surface area contributed by atoms with Crippen molar-refractivity contribution >= 4 is 17.4 Å². The van der Waals surface area contributed by atoms with Crippen LogP contribution in [0.25, 0.3) is 5.76 Å². The van der Waals surface area contributed by atoms with Crippen molar-refractivity contribution in [3.05, 3.63) is 45.7 Å². The van der Waals surface area contributed by atoms with Crippen LogP contribution in [0.3, 0.4) is 0 Å². The molecule has 7 nitrogen and oxygen atoms in total. The largest absolute Gasteiger partial charge is 0.475 e. The van der Waals surface area contributed by atoms with Gasteiger partial charge in [-0.05, 0) is 6.07 Å². The summed E-state index contributed by atoms with van der Waals surface area (Å²) in [6.07, 6.45) is 0. The highest BCUT2D eigenvalue weighted by Crippen LogP contribution is 2.39. The molecule has 100 valence electrons. The lowest BCUT2D eigenvalue weighted by Crippen LogP contribution is -2.21. The monoisotopic (exact) mass is 265 g/mol. The van der Waals surface area contributed by atoms with Gasteiger partial charge in [-0.3, -0.25) is 10.1 Å². The van der Waals surface area contributed by atoms with E-state index in [4.69, 9.17) is 14.6 Å². The van der Waals surface area contributed by atoms with Gasteiger partial charge in [0.1, 0.15) is 0 Å². The first-order valence-electron chi connectivity index (χ1n) is 5.41. The number of carboxylic acid groups (broad SMARTS) is 1. The molecule has 0 radical (unpaired) electrons. The second kappa shape index (κ2) is 4.27. The molecule has 0 bridgehead atoms. The molecule has 2 rings (SSSR count). The summed E-state index contributed by atoms with van der Waals surface area (Å²) in [4.78, 5) is 21.5. The molecule has 19 heavy (non-hydrogen) atoms. The molecule has 0 unspecified atom stereocenters. The fourth-order valence-corrected chi connectivity index (χ4v) is 1.75. The number of nitro groups is 1. The highest BCUT2D eigenvalue weighted by molar-refractivity contribution is 5.94. The highest BCUT2D eigenvalue weighted by Gasteiger charge is 2.40. The highest BCUT2D eigenvalue weighted by atomic mass is 16.7. The second-order valence-corrected chi connectivity index (χ2v) is 4.34. The van der Waals surface area contributed by atoms with Crippen LogP contribution in [0, 0.1) is 10.1 Å². The van der Waals surface area contributed by atoms with Gasteiger partial charge in [-0.1, -0.05) is 12.1 Å². The molecule has 1 aromatic rings. The third kappa shape index (κ3) is 2.35. The van der Waals surface area contributed by atoms with E-state index in [0.717, 1.165) is 0 Å². The number of ether oxygens (including phenoxy) is 2. The van der Waals surface area contributed by atoms with Crippen molar-refractivity contribution in [2.45, 2.75) is 19.6 Å². The maximum absolute atomic E-state index is 11.1. The Morgan fingerprint density at radius 2 is 1.95 bits per heavy atom. The summed E-state index contributed by atoms with van der Waals surface area (Å²) in [5.41, 5.74) is -0.159. The summed E-state index contributed by atoms with van der Waals surface area (Å²) in [5.74, 6) is -3.07. The van der Waals surface area contributed by atoms with Gasteiger partial charge in [-0.25, -0.2) is 4.79 Å². The number of hydrogen-bond donors (Lipinski definition) is 1. The van der Waals surface area contributed by atoms with Gasteiger partial charge in [0.05, 0.1) is 10.5 Å². The minimum absolute atomic E-state index is 0.0791. The van der Waals surface area contributed by atoms with Crippen LogP contribution < -0.4 is 0 Å². The number of aliphatic carboxylic acids is 1. The van der Waals surface area contributed by atoms with Crippen LogP contribution in [0.4, 0.5) is 5.69 Å². The van der Waals surface area contributed by atoms with Gasteiger partial charge in [0.2, 0.25) is 5.79 Å². The molecule has 0 aromatic heterocycles. The number of benzene rings is 1. The quantitative estimate of drug-likeness (QED) is 0.663. The van der Waals surface area contributed by atoms with Crippen LogP contribution in [0.5, 0.6) is 0 Å². The van der Waals surface area contributed by atoms with E-state index in [1.165, 1.54) is 32.0 Å². The average Bonchev–Trinajstić information content (AvgIpc) is 2.65. The zero-order valence-electron chi connectivity index (χ0n) is 10.2. The van der Waals surface area contributed by atoms with Crippen LogP contribution in [-0.4, -0.2) is 21.8 Å². The molecular formula is C12H11NO6. The minimum atomic E-state index is -1.33. The molecule has 1 aromatic carbocycles. The first kappa shape index (κ1) is 12.9. The fourth-order valence-electron chi connectivity index (χ4n) is 1.75. The van der Waals surface area contributed by atoms with Crippen molar-refractivity contribution in [2.75, 3.05) is 0 Å². The molecular weight excluding hydrogens is 254 g/mol. The Balaban J connectivity index is 2.60. The van der Waals surface area contributed by atoms with Gasteiger partial charge in [0.15, 0.2) is 5.76 Å². The zero-order chi connectivity index (χ0) is 14.2. The number of carbonyl (C=O) groups is 1. The van der Waals surface area contributed by atoms with Crippen LogP contribution in [-0.2, 0) is 14.3 Å². The molecule has 1 heterocycles. The molecule has 0 amide bonds. The normalized spacial score (nSPS) is 16.7.